The number of nitrogens with zero attached hydrogens (tertiary/aromatic N) is 3. The van der Waals surface area contributed by atoms with E-state index < -0.39 is 0 Å². The van der Waals surface area contributed by atoms with E-state index in [0.29, 0.717) is 13.2 Å². The minimum Gasteiger partial charge on any atom is -0.400 e. The van der Waals surface area contributed by atoms with Gasteiger partial charge in [0.05, 0.1) is 30.6 Å². The molecule has 182 valence electrons. The summed E-state index contributed by atoms with van der Waals surface area (Å²) in [6.45, 7) is 6.29. The highest BCUT2D eigenvalue weighted by Crippen LogP contribution is 2.40. The number of carbonyl (C=O) groups excluding carboxylic acids is 1. The van der Waals surface area contributed by atoms with Crippen LogP contribution in [0.4, 0.5) is 22.9 Å². The van der Waals surface area contributed by atoms with Crippen molar-refractivity contribution in [3.63, 3.8) is 0 Å². The van der Waals surface area contributed by atoms with Gasteiger partial charge in [-0.2, -0.15) is 0 Å². The fraction of sp³-hybridized carbons (Fsp3) is 0.500. The molecule has 2 aliphatic heterocycles. The second-order valence-electron chi connectivity index (χ2n) is 9.29. The summed E-state index contributed by atoms with van der Waals surface area (Å²) in [5.41, 5.74) is 4.68. The number of hydrogen-bond acceptors (Lipinski definition) is 7. The molecule has 1 saturated carbocycles. The van der Waals surface area contributed by atoms with Gasteiger partial charge < -0.3 is 30.4 Å². The molecular formula is C26H35N5O3. The second-order valence-corrected chi connectivity index (χ2v) is 9.29. The topological polar surface area (TPSA) is 102 Å². The van der Waals surface area contributed by atoms with Crippen molar-refractivity contribution < 1.29 is 14.6 Å². The fourth-order valence-corrected chi connectivity index (χ4v) is 4.98. The van der Waals surface area contributed by atoms with Gasteiger partial charge in [0.1, 0.15) is 5.82 Å². The van der Waals surface area contributed by atoms with Gasteiger partial charge in [-0.05, 0) is 63.8 Å². The number of aliphatic hydroxyl groups is 1. The van der Waals surface area contributed by atoms with Crippen LogP contribution in [0.25, 0.3) is 0 Å². The lowest BCUT2D eigenvalue weighted by Crippen LogP contribution is -2.47. The maximum absolute atomic E-state index is 13.8. The van der Waals surface area contributed by atoms with Crippen molar-refractivity contribution in [2.75, 3.05) is 35.4 Å². The number of benzene rings is 1. The molecule has 2 atom stereocenters. The van der Waals surface area contributed by atoms with Crippen molar-refractivity contribution in [3.8, 4) is 0 Å². The Morgan fingerprint density at radius 2 is 1.97 bits per heavy atom. The van der Waals surface area contributed by atoms with Gasteiger partial charge in [-0.1, -0.05) is 6.07 Å². The molecule has 0 spiro atoms. The van der Waals surface area contributed by atoms with E-state index in [1.54, 1.807) is 6.20 Å². The minimum absolute atomic E-state index is 0.0406. The average Bonchev–Trinajstić information content (AvgIpc) is 3.03. The maximum atomic E-state index is 13.8. The third-order valence-electron chi connectivity index (χ3n) is 6.89. The van der Waals surface area contributed by atoms with Crippen LogP contribution in [0.5, 0.6) is 0 Å². The minimum atomic E-state index is -0.0406. The summed E-state index contributed by atoms with van der Waals surface area (Å²) in [6.07, 6.45) is 4.91. The number of ether oxygens (including phenoxy) is 1. The summed E-state index contributed by atoms with van der Waals surface area (Å²) in [5, 5.41) is 18.4. The van der Waals surface area contributed by atoms with Gasteiger partial charge in [0.25, 0.3) is 0 Å². The number of pyridine rings is 1. The van der Waals surface area contributed by atoms with Crippen molar-refractivity contribution in [1.29, 1.82) is 5.41 Å². The Morgan fingerprint density at radius 3 is 2.74 bits per heavy atom. The molecule has 2 fully saturated rings. The lowest BCUT2D eigenvalue weighted by molar-refractivity contribution is -0.123. The average molecular weight is 466 g/mol. The molecule has 1 amide bonds. The zero-order valence-electron chi connectivity index (χ0n) is 20.3. The molecule has 3 heterocycles. The number of nitrogens with one attached hydrogen (secondary N) is 2. The monoisotopic (exact) mass is 465 g/mol. The van der Waals surface area contributed by atoms with Crippen LogP contribution in [-0.2, 0) is 16.1 Å². The number of morpholine rings is 1. The summed E-state index contributed by atoms with van der Waals surface area (Å²) >= 11 is 0. The molecule has 8 heteroatoms. The van der Waals surface area contributed by atoms with Crippen molar-refractivity contribution in [3.05, 3.63) is 42.1 Å². The molecule has 5 rings (SSSR count). The molecule has 1 aromatic heterocycles. The molecule has 34 heavy (non-hydrogen) atoms. The summed E-state index contributed by atoms with van der Waals surface area (Å²) in [6, 6.07) is 10.6. The molecule has 1 unspecified atom stereocenters. The van der Waals surface area contributed by atoms with Crippen LogP contribution in [0.15, 0.2) is 36.5 Å². The van der Waals surface area contributed by atoms with Crippen LogP contribution in [0.3, 0.4) is 0 Å². The van der Waals surface area contributed by atoms with Crippen LogP contribution in [-0.4, -0.2) is 54.1 Å². The fourth-order valence-electron chi connectivity index (χ4n) is 4.98. The molecule has 3 N–H and O–H groups in total. The Balaban J connectivity index is 0.00000133. The van der Waals surface area contributed by atoms with E-state index in [0.717, 1.165) is 73.5 Å². The summed E-state index contributed by atoms with van der Waals surface area (Å²) in [7, 11) is 1.00. The summed E-state index contributed by atoms with van der Waals surface area (Å²) < 4.78 is 5.82. The molecule has 8 nitrogen and oxygen atoms in total. The zero-order chi connectivity index (χ0) is 24.2. The van der Waals surface area contributed by atoms with Crippen LogP contribution in [0.1, 0.15) is 45.1 Å². The van der Waals surface area contributed by atoms with E-state index in [-0.39, 0.29) is 24.0 Å². The van der Waals surface area contributed by atoms with Gasteiger partial charge >= 0.3 is 0 Å². The van der Waals surface area contributed by atoms with Gasteiger partial charge in [-0.25, -0.2) is 4.98 Å². The number of anilines is 4. The molecule has 3 aliphatic rings. The van der Waals surface area contributed by atoms with Crippen LogP contribution >= 0.6 is 0 Å². The molecule has 1 aliphatic carbocycles. The molecule has 1 saturated heterocycles. The predicted molar refractivity (Wildman–Crippen MR) is 135 cm³/mol. The molecule has 0 radical (unpaired) electrons. The second kappa shape index (κ2) is 10.5. The molecular weight excluding hydrogens is 430 g/mol. The van der Waals surface area contributed by atoms with E-state index in [1.165, 1.54) is 0 Å². The first-order chi connectivity index (χ1) is 16.5. The first-order valence-electron chi connectivity index (χ1n) is 12.0. The Kier molecular flexibility index (Phi) is 7.48. The zero-order valence-corrected chi connectivity index (χ0v) is 20.3. The lowest BCUT2D eigenvalue weighted by atomic mass is 9.87. The third-order valence-corrected chi connectivity index (χ3v) is 6.89. The summed E-state index contributed by atoms with van der Waals surface area (Å²) in [5.74, 6) is 0.912. The van der Waals surface area contributed by atoms with Gasteiger partial charge in [-0.15, -0.1) is 0 Å². The van der Waals surface area contributed by atoms with Crippen molar-refractivity contribution >= 4 is 34.5 Å². The van der Waals surface area contributed by atoms with E-state index in [9.17, 15) is 4.79 Å². The number of aliphatic hydroxyl groups excluding tert-OH is 1. The Morgan fingerprint density at radius 1 is 1.21 bits per heavy atom. The normalized spacial score (nSPS) is 24.1. The van der Waals surface area contributed by atoms with Gasteiger partial charge in [0.2, 0.25) is 5.91 Å². The smallest absolute Gasteiger partial charge is 0.230 e. The number of amides is 1. The van der Waals surface area contributed by atoms with E-state index >= 15 is 0 Å². The first-order valence-corrected chi connectivity index (χ1v) is 12.0. The number of hydrogen-bond donors (Lipinski definition) is 3. The number of aromatic nitrogens is 1. The number of rotatable bonds is 2. The SMILES string of the molecule is CC1CN(c2ccc3c(c2)N(C(=O)C2CCC(=N)CC2)Cc2cccnc2N3)[C@@H](C)CO1.CO. The Bertz CT molecular complexity index is 1030. The molecule has 0 bridgehead atoms. The highest BCUT2D eigenvalue weighted by molar-refractivity contribution is 6.01. The first kappa shape index (κ1) is 24.2. The predicted octanol–water partition coefficient (Wildman–Crippen LogP) is 4.10. The van der Waals surface area contributed by atoms with Gasteiger partial charge in [-0.3, -0.25) is 4.79 Å². The van der Waals surface area contributed by atoms with E-state index in [2.05, 4.69) is 47.2 Å². The van der Waals surface area contributed by atoms with E-state index in [1.807, 2.05) is 17.0 Å². The van der Waals surface area contributed by atoms with E-state index in [4.69, 9.17) is 15.3 Å². The summed E-state index contributed by atoms with van der Waals surface area (Å²) in [4.78, 5) is 22.6. The van der Waals surface area contributed by atoms with Crippen molar-refractivity contribution in [2.24, 2.45) is 5.92 Å². The third kappa shape index (κ3) is 4.93. The largest absolute Gasteiger partial charge is 0.400 e. The quantitative estimate of drug-likeness (QED) is 0.617. The van der Waals surface area contributed by atoms with Crippen molar-refractivity contribution in [2.45, 2.75) is 58.2 Å². The Hall–Kier alpha value is -2.97. The highest BCUT2D eigenvalue weighted by atomic mass is 16.5. The molecule has 1 aromatic carbocycles. The maximum Gasteiger partial charge on any atom is 0.230 e. The standard InChI is InChI=1S/C25H31N5O2.CH4O/c1-16-15-32-17(2)13-29(16)21-9-10-22-23(12-21)30(14-19-4-3-11-27-24(19)28-22)25(31)18-5-7-20(26)8-6-18;1-2/h3-4,9-12,16-18,26H,5-8,13-15H2,1-2H3,(H,27,28);2H,1H3/t16-,17?,18?;/m0./s1. The number of fused-ring (bicyclic) bond motifs is 2. The van der Waals surface area contributed by atoms with Crippen LogP contribution in [0.2, 0.25) is 0 Å². The Labute approximate surface area is 201 Å². The highest BCUT2D eigenvalue weighted by Gasteiger charge is 2.33. The van der Waals surface area contributed by atoms with Crippen LogP contribution in [0, 0.1) is 11.3 Å². The van der Waals surface area contributed by atoms with Gasteiger partial charge in [0, 0.05) is 48.8 Å². The van der Waals surface area contributed by atoms with Crippen LogP contribution < -0.4 is 15.1 Å². The number of carbonyl (C=O) groups is 1. The molecule has 2 aromatic rings. The van der Waals surface area contributed by atoms with Gasteiger partial charge in [0.15, 0.2) is 0 Å². The lowest BCUT2D eigenvalue weighted by Gasteiger charge is -2.39. The van der Waals surface area contributed by atoms with Crippen molar-refractivity contribution in [1.82, 2.24) is 4.98 Å².